The number of nitrogens with one attached hydrogen (secondary N) is 1. The number of benzene rings is 1. The van der Waals surface area contributed by atoms with E-state index in [0.717, 1.165) is 37.7 Å². The van der Waals surface area contributed by atoms with Crippen molar-refractivity contribution in [2.75, 3.05) is 13.2 Å². The van der Waals surface area contributed by atoms with Crippen LogP contribution in [-0.4, -0.2) is 28.4 Å². The summed E-state index contributed by atoms with van der Waals surface area (Å²) in [6.45, 7) is 1.68. The smallest absolute Gasteiger partial charge is 0.153 e. The molecule has 0 amide bonds. The molecule has 2 fully saturated rings. The minimum Gasteiger partial charge on any atom is -0.381 e. The molecule has 0 bridgehead atoms. The van der Waals surface area contributed by atoms with Crippen LogP contribution in [0.4, 0.5) is 0 Å². The number of hydrogen-bond donors (Lipinski definition) is 1. The largest absolute Gasteiger partial charge is 0.381 e. The Labute approximate surface area is 118 Å². The van der Waals surface area contributed by atoms with Crippen LogP contribution in [0.2, 0.25) is 0 Å². The molecular formula is C16H19N3O. The molecular weight excluding hydrogens is 250 g/mol. The lowest BCUT2D eigenvalue weighted by atomic mass is 10.00. The third kappa shape index (κ3) is 2.24. The van der Waals surface area contributed by atoms with Crippen molar-refractivity contribution in [1.29, 1.82) is 0 Å². The van der Waals surface area contributed by atoms with Crippen molar-refractivity contribution >= 4 is 0 Å². The Balaban J connectivity index is 1.47. The predicted octanol–water partition coefficient (Wildman–Crippen LogP) is 2.97. The Morgan fingerprint density at radius 3 is 2.65 bits per heavy atom. The third-order valence-corrected chi connectivity index (χ3v) is 4.48. The maximum absolute atomic E-state index is 5.40. The molecule has 20 heavy (non-hydrogen) atoms. The van der Waals surface area contributed by atoms with Crippen LogP contribution in [0, 0.1) is 0 Å². The van der Waals surface area contributed by atoms with E-state index in [4.69, 9.17) is 9.72 Å². The summed E-state index contributed by atoms with van der Waals surface area (Å²) in [5, 5.41) is 7.60. The van der Waals surface area contributed by atoms with Crippen molar-refractivity contribution < 1.29 is 4.74 Å². The van der Waals surface area contributed by atoms with Crippen LogP contribution in [0.1, 0.15) is 54.2 Å². The number of hydrogen-bond acceptors (Lipinski definition) is 3. The number of aromatic amines is 1. The van der Waals surface area contributed by atoms with Gasteiger partial charge in [-0.05, 0) is 30.7 Å². The highest BCUT2D eigenvalue weighted by molar-refractivity contribution is 5.31. The Morgan fingerprint density at radius 2 is 1.85 bits per heavy atom. The first kappa shape index (κ1) is 12.1. The average molecular weight is 269 g/mol. The summed E-state index contributed by atoms with van der Waals surface area (Å²) in [5.74, 6) is 3.68. The lowest BCUT2D eigenvalue weighted by Gasteiger charge is -2.18. The van der Waals surface area contributed by atoms with Crippen molar-refractivity contribution in [3.05, 3.63) is 47.5 Å². The molecule has 4 nitrogen and oxygen atoms in total. The molecule has 2 heterocycles. The second kappa shape index (κ2) is 5.02. The first-order chi connectivity index (χ1) is 9.92. The van der Waals surface area contributed by atoms with Crippen LogP contribution >= 0.6 is 0 Å². The van der Waals surface area contributed by atoms with E-state index >= 15 is 0 Å². The quantitative estimate of drug-likeness (QED) is 0.932. The number of nitrogens with zero attached hydrogens (tertiary/aromatic N) is 2. The van der Waals surface area contributed by atoms with Crippen LogP contribution in [0.25, 0.3) is 0 Å². The van der Waals surface area contributed by atoms with Gasteiger partial charge in [-0.25, -0.2) is 4.98 Å². The lowest BCUT2D eigenvalue weighted by Crippen LogP contribution is -2.15. The number of rotatable bonds is 3. The average Bonchev–Trinajstić information content (AvgIpc) is 3.18. The first-order valence-electron chi connectivity index (χ1n) is 7.46. The van der Waals surface area contributed by atoms with Crippen LogP contribution in [0.3, 0.4) is 0 Å². The SMILES string of the molecule is c1ccc([C@H]2C[C@@H]2c2nc(C3CCOCC3)n[nH]2)cc1. The molecule has 1 aromatic carbocycles. The Hall–Kier alpha value is -1.68. The van der Waals surface area contributed by atoms with Crippen molar-refractivity contribution in [2.45, 2.75) is 37.0 Å². The molecule has 2 aromatic rings. The van der Waals surface area contributed by atoms with Gasteiger partial charge in [-0.15, -0.1) is 0 Å². The summed E-state index contributed by atoms with van der Waals surface area (Å²) in [6.07, 6.45) is 3.28. The molecule has 1 N–H and O–H groups in total. The molecule has 104 valence electrons. The minimum atomic E-state index is 0.475. The van der Waals surface area contributed by atoms with Crippen LogP contribution in [-0.2, 0) is 4.74 Å². The standard InChI is InChI=1S/C16H19N3O/c1-2-4-11(5-3-1)13-10-14(13)16-17-15(18-19-16)12-6-8-20-9-7-12/h1-5,12-14H,6-10H2,(H,17,18,19)/t13-,14+/m1/s1. The molecule has 2 aliphatic rings. The first-order valence-corrected chi connectivity index (χ1v) is 7.46. The zero-order valence-corrected chi connectivity index (χ0v) is 11.5. The van der Waals surface area contributed by atoms with Gasteiger partial charge in [-0.2, -0.15) is 5.10 Å². The topological polar surface area (TPSA) is 50.8 Å². The molecule has 1 saturated heterocycles. The summed E-state index contributed by atoms with van der Waals surface area (Å²) in [6, 6.07) is 10.7. The van der Waals surface area contributed by atoms with E-state index in [-0.39, 0.29) is 0 Å². The highest BCUT2D eigenvalue weighted by atomic mass is 16.5. The van der Waals surface area contributed by atoms with Gasteiger partial charge in [0.1, 0.15) is 5.82 Å². The molecule has 0 radical (unpaired) electrons. The van der Waals surface area contributed by atoms with Gasteiger partial charge in [-0.1, -0.05) is 30.3 Å². The van der Waals surface area contributed by atoms with Gasteiger partial charge < -0.3 is 4.74 Å². The van der Waals surface area contributed by atoms with E-state index < -0.39 is 0 Å². The van der Waals surface area contributed by atoms with E-state index in [1.165, 1.54) is 12.0 Å². The van der Waals surface area contributed by atoms with Gasteiger partial charge >= 0.3 is 0 Å². The van der Waals surface area contributed by atoms with E-state index in [9.17, 15) is 0 Å². The van der Waals surface area contributed by atoms with Crippen LogP contribution in [0.5, 0.6) is 0 Å². The van der Waals surface area contributed by atoms with E-state index in [1.807, 2.05) is 0 Å². The molecule has 0 spiro atoms. The lowest BCUT2D eigenvalue weighted by molar-refractivity contribution is 0.0836. The second-order valence-electron chi connectivity index (χ2n) is 5.82. The summed E-state index contributed by atoms with van der Waals surface area (Å²) >= 11 is 0. The minimum absolute atomic E-state index is 0.475. The van der Waals surface area contributed by atoms with E-state index in [2.05, 4.69) is 40.5 Å². The Bertz CT molecular complexity index is 574. The van der Waals surface area contributed by atoms with Crippen molar-refractivity contribution in [3.8, 4) is 0 Å². The fourth-order valence-corrected chi connectivity index (χ4v) is 3.16. The molecule has 1 aromatic heterocycles. The monoisotopic (exact) mass is 269 g/mol. The summed E-state index contributed by atoms with van der Waals surface area (Å²) < 4.78 is 5.40. The number of H-pyrrole nitrogens is 1. The zero-order valence-electron chi connectivity index (χ0n) is 11.5. The molecule has 0 unspecified atom stereocenters. The summed E-state index contributed by atoms with van der Waals surface area (Å²) in [4.78, 5) is 4.75. The molecule has 4 heteroatoms. The van der Waals surface area contributed by atoms with Gasteiger partial charge in [0.15, 0.2) is 5.82 Å². The highest BCUT2D eigenvalue weighted by Crippen LogP contribution is 2.53. The maximum atomic E-state index is 5.40. The van der Waals surface area contributed by atoms with Crippen molar-refractivity contribution in [1.82, 2.24) is 15.2 Å². The fourth-order valence-electron chi connectivity index (χ4n) is 3.16. The maximum Gasteiger partial charge on any atom is 0.153 e. The van der Waals surface area contributed by atoms with Crippen molar-refractivity contribution in [3.63, 3.8) is 0 Å². The normalized spacial score (nSPS) is 26.6. The van der Waals surface area contributed by atoms with Gasteiger partial charge in [0, 0.05) is 25.0 Å². The van der Waals surface area contributed by atoms with E-state index in [1.54, 1.807) is 0 Å². The third-order valence-electron chi connectivity index (χ3n) is 4.48. The molecule has 1 saturated carbocycles. The van der Waals surface area contributed by atoms with Gasteiger partial charge in [0.2, 0.25) is 0 Å². The fraction of sp³-hybridized carbons (Fsp3) is 0.500. The van der Waals surface area contributed by atoms with Gasteiger partial charge in [0.05, 0.1) is 0 Å². The molecule has 4 rings (SSSR count). The van der Waals surface area contributed by atoms with Crippen LogP contribution in [0.15, 0.2) is 30.3 Å². The zero-order chi connectivity index (χ0) is 13.4. The van der Waals surface area contributed by atoms with Crippen LogP contribution < -0.4 is 0 Å². The Kier molecular flexibility index (Phi) is 3.03. The second-order valence-corrected chi connectivity index (χ2v) is 5.82. The number of ether oxygens (including phenoxy) is 1. The highest BCUT2D eigenvalue weighted by Gasteiger charge is 2.42. The molecule has 2 atom stereocenters. The molecule has 1 aliphatic carbocycles. The molecule has 1 aliphatic heterocycles. The van der Waals surface area contributed by atoms with Gasteiger partial charge in [-0.3, -0.25) is 5.10 Å². The number of aromatic nitrogens is 3. The predicted molar refractivity (Wildman–Crippen MR) is 75.7 cm³/mol. The van der Waals surface area contributed by atoms with Crippen molar-refractivity contribution in [2.24, 2.45) is 0 Å². The van der Waals surface area contributed by atoms with E-state index in [0.29, 0.717) is 17.8 Å². The summed E-state index contributed by atoms with van der Waals surface area (Å²) in [5.41, 5.74) is 1.42. The Morgan fingerprint density at radius 1 is 1.05 bits per heavy atom. The summed E-state index contributed by atoms with van der Waals surface area (Å²) in [7, 11) is 0. The van der Waals surface area contributed by atoms with Gasteiger partial charge in [0.25, 0.3) is 0 Å².